The van der Waals surface area contributed by atoms with E-state index in [4.69, 9.17) is 9.47 Å². The molecule has 0 atom stereocenters. The van der Waals surface area contributed by atoms with Gasteiger partial charge >= 0.3 is 0 Å². The van der Waals surface area contributed by atoms with Crippen molar-refractivity contribution in [3.8, 4) is 11.5 Å². The second-order valence-corrected chi connectivity index (χ2v) is 5.81. The van der Waals surface area contributed by atoms with Gasteiger partial charge in [-0.25, -0.2) is 0 Å². The Morgan fingerprint density at radius 2 is 1.67 bits per heavy atom. The summed E-state index contributed by atoms with van der Waals surface area (Å²) in [5.74, 6) is 1.32. The molecular formula is C20H25N3O4. The van der Waals surface area contributed by atoms with Gasteiger partial charge in [0.1, 0.15) is 18.1 Å². The second-order valence-electron chi connectivity index (χ2n) is 5.81. The number of benzene rings is 2. The highest BCUT2D eigenvalue weighted by atomic mass is 16.5. The molecule has 0 unspecified atom stereocenters. The van der Waals surface area contributed by atoms with E-state index in [1.165, 1.54) is 6.92 Å². The summed E-state index contributed by atoms with van der Waals surface area (Å²) in [5.41, 5.74) is 1.56. The molecule has 2 amide bonds. The Kier molecular flexibility index (Phi) is 7.96. The first-order chi connectivity index (χ1) is 13.1. The summed E-state index contributed by atoms with van der Waals surface area (Å²) in [6, 6.07) is 14.6. The molecule has 0 radical (unpaired) electrons. The normalized spacial score (nSPS) is 10.0. The van der Waals surface area contributed by atoms with Crippen LogP contribution in [0.25, 0.3) is 0 Å². The number of ether oxygens (including phenoxy) is 2. The molecule has 0 aliphatic heterocycles. The van der Waals surface area contributed by atoms with Gasteiger partial charge in [-0.05, 0) is 42.5 Å². The zero-order chi connectivity index (χ0) is 19.5. The molecule has 0 aliphatic carbocycles. The first-order valence-electron chi connectivity index (χ1n) is 8.72. The lowest BCUT2D eigenvalue weighted by Gasteiger charge is -2.10. The minimum Gasteiger partial charge on any atom is -0.497 e. The molecule has 7 nitrogen and oxygen atoms in total. The zero-order valence-electron chi connectivity index (χ0n) is 15.6. The monoisotopic (exact) mass is 371 g/mol. The highest BCUT2D eigenvalue weighted by molar-refractivity contribution is 5.89. The molecule has 0 heterocycles. The second kappa shape index (κ2) is 10.7. The highest BCUT2D eigenvalue weighted by Gasteiger charge is 2.02. The summed E-state index contributed by atoms with van der Waals surface area (Å²) >= 11 is 0. The van der Waals surface area contributed by atoms with Crippen LogP contribution < -0.4 is 25.4 Å². The third-order valence-corrected chi connectivity index (χ3v) is 3.62. The average molecular weight is 371 g/mol. The molecule has 144 valence electrons. The Labute approximate surface area is 159 Å². The maximum atomic E-state index is 11.9. The van der Waals surface area contributed by atoms with E-state index in [0.717, 1.165) is 17.2 Å². The first kappa shape index (κ1) is 20.1. The largest absolute Gasteiger partial charge is 0.497 e. The van der Waals surface area contributed by atoms with Crippen LogP contribution >= 0.6 is 0 Å². The van der Waals surface area contributed by atoms with Gasteiger partial charge in [-0.15, -0.1) is 0 Å². The predicted molar refractivity (Wildman–Crippen MR) is 105 cm³/mol. The van der Waals surface area contributed by atoms with E-state index in [2.05, 4.69) is 16.0 Å². The summed E-state index contributed by atoms with van der Waals surface area (Å²) in [5, 5.41) is 8.69. The summed E-state index contributed by atoms with van der Waals surface area (Å²) in [4.78, 5) is 22.9. The fourth-order valence-corrected chi connectivity index (χ4v) is 2.35. The molecule has 0 saturated heterocycles. The van der Waals surface area contributed by atoms with Crippen LogP contribution in [0.3, 0.4) is 0 Å². The highest BCUT2D eigenvalue weighted by Crippen LogP contribution is 2.17. The summed E-state index contributed by atoms with van der Waals surface area (Å²) in [7, 11) is 1.61. The summed E-state index contributed by atoms with van der Waals surface area (Å²) in [6.07, 6.45) is 0.340. The fourth-order valence-electron chi connectivity index (χ4n) is 2.35. The van der Waals surface area contributed by atoms with E-state index in [-0.39, 0.29) is 11.8 Å². The number of methoxy groups -OCH3 is 1. The van der Waals surface area contributed by atoms with Crippen molar-refractivity contribution in [3.63, 3.8) is 0 Å². The molecule has 27 heavy (non-hydrogen) atoms. The van der Waals surface area contributed by atoms with Crippen molar-refractivity contribution in [1.29, 1.82) is 0 Å². The van der Waals surface area contributed by atoms with Gasteiger partial charge in [0, 0.05) is 31.3 Å². The van der Waals surface area contributed by atoms with Crippen LogP contribution in [0, 0.1) is 0 Å². The molecule has 0 aromatic heterocycles. The molecule has 2 aromatic carbocycles. The summed E-state index contributed by atoms with van der Waals surface area (Å²) < 4.78 is 10.6. The van der Waals surface area contributed by atoms with E-state index < -0.39 is 0 Å². The first-order valence-corrected chi connectivity index (χ1v) is 8.72. The molecule has 0 saturated carbocycles. The van der Waals surface area contributed by atoms with Gasteiger partial charge in [0.25, 0.3) is 0 Å². The third-order valence-electron chi connectivity index (χ3n) is 3.62. The van der Waals surface area contributed by atoms with Gasteiger partial charge in [-0.1, -0.05) is 6.07 Å². The summed E-state index contributed by atoms with van der Waals surface area (Å²) in [6.45, 7) is 2.78. The lowest BCUT2D eigenvalue weighted by molar-refractivity contribution is -0.121. The number of nitrogens with one attached hydrogen (secondary N) is 3. The molecule has 0 aliphatic rings. The van der Waals surface area contributed by atoms with Gasteiger partial charge in [-0.3, -0.25) is 9.59 Å². The standard InChI is InChI=1S/C20H25N3O4/c1-15(24)23-17-5-3-4-16(14-17)21-11-10-20(25)22-12-13-27-19-8-6-18(26-2)7-9-19/h3-9,14,21H,10-13H2,1-2H3,(H,22,25)(H,23,24). The van der Waals surface area contributed by atoms with E-state index >= 15 is 0 Å². The maximum absolute atomic E-state index is 11.9. The van der Waals surface area contributed by atoms with Crippen molar-refractivity contribution in [1.82, 2.24) is 5.32 Å². The number of carbonyl (C=O) groups is 2. The molecule has 2 aromatic rings. The molecule has 0 fully saturated rings. The van der Waals surface area contributed by atoms with Crippen LogP contribution in [0.15, 0.2) is 48.5 Å². The van der Waals surface area contributed by atoms with Gasteiger partial charge in [0.05, 0.1) is 13.7 Å². The van der Waals surface area contributed by atoms with Crippen LogP contribution in [-0.2, 0) is 9.59 Å². The topological polar surface area (TPSA) is 88.7 Å². The maximum Gasteiger partial charge on any atom is 0.221 e. The van der Waals surface area contributed by atoms with Crippen LogP contribution in [0.1, 0.15) is 13.3 Å². The Morgan fingerprint density at radius 3 is 2.37 bits per heavy atom. The molecule has 2 rings (SSSR count). The number of hydrogen-bond donors (Lipinski definition) is 3. The van der Waals surface area contributed by atoms with Gasteiger partial charge in [0.15, 0.2) is 0 Å². The SMILES string of the molecule is COc1ccc(OCCNC(=O)CCNc2cccc(NC(C)=O)c2)cc1. The molecular weight excluding hydrogens is 346 g/mol. The Balaban J connectivity index is 1.61. The van der Waals surface area contributed by atoms with Gasteiger partial charge in [-0.2, -0.15) is 0 Å². The quantitative estimate of drug-likeness (QED) is 0.559. The van der Waals surface area contributed by atoms with Crippen molar-refractivity contribution in [2.24, 2.45) is 0 Å². The molecule has 0 spiro atoms. The van der Waals surface area contributed by atoms with E-state index in [9.17, 15) is 9.59 Å². The number of rotatable bonds is 10. The van der Waals surface area contributed by atoms with Crippen LogP contribution in [0.4, 0.5) is 11.4 Å². The van der Waals surface area contributed by atoms with Crippen molar-refractivity contribution in [2.45, 2.75) is 13.3 Å². The van der Waals surface area contributed by atoms with Crippen LogP contribution in [0.5, 0.6) is 11.5 Å². The van der Waals surface area contributed by atoms with Crippen molar-refractivity contribution in [2.75, 3.05) is 37.4 Å². The van der Waals surface area contributed by atoms with E-state index in [0.29, 0.717) is 31.8 Å². The van der Waals surface area contributed by atoms with Crippen molar-refractivity contribution in [3.05, 3.63) is 48.5 Å². The van der Waals surface area contributed by atoms with Crippen LogP contribution in [0.2, 0.25) is 0 Å². The van der Waals surface area contributed by atoms with Gasteiger partial charge < -0.3 is 25.4 Å². The minimum absolute atomic E-state index is 0.0566. The third kappa shape index (κ3) is 7.68. The number of carbonyl (C=O) groups excluding carboxylic acids is 2. The lowest BCUT2D eigenvalue weighted by atomic mass is 10.2. The Morgan fingerprint density at radius 1 is 0.963 bits per heavy atom. The zero-order valence-corrected chi connectivity index (χ0v) is 15.6. The number of amides is 2. The van der Waals surface area contributed by atoms with Crippen LogP contribution in [-0.4, -0.2) is 38.6 Å². The lowest BCUT2D eigenvalue weighted by Crippen LogP contribution is -2.29. The van der Waals surface area contributed by atoms with Crippen molar-refractivity contribution >= 4 is 23.2 Å². The fraction of sp³-hybridized carbons (Fsp3) is 0.300. The molecule has 7 heteroatoms. The Hall–Kier alpha value is -3.22. The Bertz CT molecular complexity index is 747. The smallest absolute Gasteiger partial charge is 0.221 e. The average Bonchev–Trinajstić information content (AvgIpc) is 2.65. The predicted octanol–water partition coefficient (Wildman–Crippen LogP) is 2.65. The molecule has 3 N–H and O–H groups in total. The number of anilines is 2. The minimum atomic E-state index is -0.122. The van der Waals surface area contributed by atoms with Gasteiger partial charge in [0.2, 0.25) is 11.8 Å². The van der Waals surface area contributed by atoms with Crippen molar-refractivity contribution < 1.29 is 19.1 Å². The molecule has 0 bridgehead atoms. The van der Waals surface area contributed by atoms with E-state index in [1.54, 1.807) is 7.11 Å². The number of hydrogen-bond acceptors (Lipinski definition) is 5. The van der Waals surface area contributed by atoms with E-state index in [1.807, 2.05) is 48.5 Å².